The second-order valence-electron chi connectivity index (χ2n) is 4.67. The van der Waals surface area contributed by atoms with Crippen LogP contribution < -0.4 is 10.6 Å². The molecule has 0 aromatic heterocycles. The van der Waals surface area contributed by atoms with Crippen molar-refractivity contribution in [3.8, 4) is 0 Å². The average Bonchev–Trinajstić information content (AvgIpc) is 2.42. The van der Waals surface area contributed by atoms with Gasteiger partial charge in [0.05, 0.1) is 0 Å². The Morgan fingerprint density at radius 2 is 1.84 bits per heavy atom. The molecule has 0 saturated carbocycles. The Balaban J connectivity index is 2.54. The third-order valence-corrected chi connectivity index (χ3v) is 3.39. The Hall–Kier alpha value is -1.42. The molecule has 0 unspecified atom stereocenters. The largest absolute Gasteiger partial charge is 0.389 e. The number of anilines is 1. The van der Waals surface area contributed by atoms with Gasteiger partial charge < -0.3 is 10.6 Å². The van der Waals surface area contributed by atoms with Gasteiger partial charge in [0.15, 0.2) is 0 Å². The zero-order valence-corrected chi connectivity index (χ0v) is 12.5. The van der Waals surface area contributed by atoms with Gasteiger partial charge in [-0.05, 0) is 30.7 Å². The van der Waals surface area contributed by atoms with Crippen molar-refractivity contribution in [2.75, 3.05) is 11.9 Å². The third kappa shape index (κ3) is 4.99. The maximum absolute atomic E-state index is 12.0. The number of rotatable bonds is 7. The van der Waals surface area contributed by atoms with Crippen LogP contribution in [0.4, 0.5) is 5.69 Å². The molecule has 0 aliphatic heterocycles. The summed E-state index contributed by atoms with van der Waals surface area (Å²) in [7, 11) is 1.80. The highest BCUT2D eigenvalue weighted by Crippen LogP contribution is 2.16. The van der Waals surface area contributed by atoms with Crippen molar-refractivity contribution in [2.45, 2.75) is 39.0 Å². The number of carbonyl (C=O) groups is 1. The molecular formula is C15H22N2OS. The van der Waals surface area contributed by atoms with Gasteiger partial charge in [-0.1, -0.05) is 38.4 Å². The number of hydrogen-bond donors (Lipinski definition) is 1. The number of amides is 1. The van der Waals surface area contributed by atoms with Crippen LogP contribution in [0.25, 0.3) is 0 Å². The zero-order valence-electron chi connectivity index (χ0n) is 11.7. The van der Waals surface area contributed by atoms with Crippen LogP contribution in [0, 0.1) is 0 Å². The number of hydrogen-bond acceptors (Lipinski definition) is 2. The Bertz CT molecular complexity index is 428. The number of carbonyl (C=O) groups excluding carboxylic acids is 1. The fourth-order valence-electron chi connectivity index (χ4n) is 1.86. The second-order valence-corrected chi connectivity index (χ2v) is 5.11. The van der Waals surface area contributed by atoms with E-state index in [1.165, 1.54) is 12.8 Å². The van der Waals surface area contributed by atoms with Gasteiger partial charge in [-0.3, -0.25) is 4.79 Å². The van der Waals surface area contributed by atoms with Crippen LogP contribution in [0.3, 0.4) is 0 Å². The summed E-state index contributed by atoms with van der Waals surface area (Å²) in [4.78, 5) is 14.1. The molecule has 0 radical (unpaired) electrons. The van der Waals surface area contributed by atoms with E-state index in [0.29, 0.717) is 11.4 Å². The topological polar surface area (TPSA) is 46.3 Å². The molecule has 1 amide bonds. The average molecular weight is 278 g/mol. The summed E-state index contributed by atoms with van der Waals surface area (Å²) in [6, 6.07) is 7.44. The third-order valence-electron chi connectivity index (χ3n) is 3.16. The minimum absolute atomic E-state index is 0.152. The van der Waals surface area contributed by atoms with E-state index in [-0.39, 0.29) is 5.91 Å². The molecule has 0 heterocycles. The van der Waals surface area contributed by atoms with E-state index in [0.717, 1.165) is 24.1 Å². The summed E-state index contributed by atoms with van der Waals surface area (Å²) < 4.78 is 0. The van der Waals surface area contributed by atoms with Crippen LogP contribution in [-0.4, -0.2) is 17.9 Å². The molecular weight excluding hydrogens is 256 g/mol. The van der Waals surface area contributed by atoms with Crippen LogP contribution in [0.5, 0.6) is 0 Å². The highest BCUT2D eigenvalue weighted by molar-refractivity contribution is 7.80. The Morgan fingerprint density at radius 3 is 2.37 bits per heavy atom. The monoisotopic (exact) mass is 278 g/mol. The van der Waals surface area contributed by atoms with Crippen molar-refractivity contribution < 1.29 is 4.79 Å². The summed E-state index contributed by atoms with van der Waals surface area (Å²) >= 11 is 4.90. The smallest absolute Gasteiger partial charge is 0.226 e. The fourth-order valence-corrected chi connectivity index (χ4v) is 2.00. The standard InChI is InChI=1S/C15H22N2OS/c1-3-4-5-6-7-14(18)17(2)13-10-8-12(9-11-13)15(16)19/h8-11H,3-7H2,1-2H3,(H2,16,19). The van der Waals surface area contributed by atoms with Crippen molar-refractivity contribution >= 4 is 28.8 Å². The van der Waals surface area contributed by atoms with Gasteiger partial charge in [0, 0.05) is 24.7 Å². The molecule has 0 spiro atoms. The van der Waals surface area contributed by atoms with Gasteiger partial charge in [0.1, 0.15) is 4.99 Å². The predicted molar refractivity (Wildman–Crippen MR) is 84.5 cm³/mol. The number of benzene rings is 1. The van der Waals surface area contributed by atoms with Crippen molar-refractivity contribution in [3.63, 3.8) is 0 Å². The molecule has 104 valence electrons. The molecule has 0 bridgehead atoms. The van der Waals surface area contributed by atoms with Gasteiger partial charge in [-0.2, -0.15) is 0 Å². The lowest BCUT2D eigenvalue weighted by atomic mass is 10.1. The van der Waals surface area contributed by atoms with E-state index >= 15 is 0 Å². The SMILES string of the molecule is CCCCCCC(=O)N(C)c1ccc(C(N)=S)cc1. The van der Waals surface area contributed by atoms with Crippen molar-refractivity contribution in [3.05, 3.63) is 29.8 Å². The first-order valence-electron chi connectivity index (χ1n) is 6.72. The molecule has 1 aromatic carbocycles. The first-order chi connectivity index (χ1) is 9.06. The molecule has 0 saturated heterocycles. The molecule has 0 atom stereocenters. The number of unbranched alkanes of at least 4 members (excludes halogenated alkanes) is 3. The molecule has 1 aromatic rings. The summed E-state index contributed by atoms with van der Waals surface area (Å²) in [6.07, 6.45) is 5.07. The normalized spacial score (nSPS) is 10.2. The van der Waals surface area contributed by atoms with Crippen LogP contribution in [-0.2, 0) is 4.79 Å². The highest BCUT2D eigenvalue weighted by Gasteiger charge is 2.10. The number of nitrogens with zero attached hydrogens (tertiary/aromatic N) is 1. The van der Waals surface area contributed by atoms with Crippen LogP contribution in [0.15, 0.2) is 24.3 Å². The summed E-state index contributed by atoms with van der Waals surface area (Å²) in [5, 5.41) is 0. The molecule has 3 nitrogen and oxygen atoms in total. The minimum Gasteiger partial charge on any atom is -0.389 e. The lowest BCUT2D eigenvalue weighted by molar-refractivity contribution is -0.118. The lowest BCUT2D eigenvalue weighted by Gasteiger charge is -2.17. The van der Waals surface area contributed by atoms with E-state index in [4.69, 9.17) is 18.0 Å². The summed E-state index contributed by atoms with van der Waals surface area (Å²) in [5.41, 5.74) is 7.24. The molecule has 4 heteroatoms. The van der Waals surface area contributed by atoms with E-state index in [9.17, 15) is 4.79 Å². The Labute approximate surface area is 120 Å². The molecule has 0 fully saturated rings. The van der Waals surface area contributed by atoms with E-state index < -0.39 is 0 Å². The zero-order chi connectivity index (χ0) is 14.3. The van der Waals surface area contributed by atoms with Gasteiger partial charge in [-0.25, -0.2) is 0 Å². The number of nitrogens with two attached hydrogens (primary N) is 1. The first kappa shape index (κ1) is 15.6. The molecule has 2 N–H and O–H groups in total. The van der Waals surface area contributed by atoms with E-state index in [1.54, 1.807) is 11.9 Å². The highest BCUT2D eigenvalue weighted by atomic mass is 32.1. The van der Waals surface area contributed by atoms with Crippen LogP contribution in [0.2, 0.25) is 0 Å². The van der Waals surface area contributed by atoms with Gasteiger partial charge in [-0.15, -0.1) is 0 Å². The van der Waals surface area contributed by atoms with Gasteiger partial charge >= 0.3 is 0 Å². The van der Waals surface area contributed by atoms with Crippen molar-refractivity contribution in [1.82, 2.24) is 0 Å². The Kier molecular flexibility index (Phi) is 6.50. The van der Waals surface area contributed by atoms with Crippen molar-refractivity contribution in [2.24, 2.45) is 5.73 Å². The summed E-state index contributed by atoms with van der Waals surface area (Å²) in [5.74, 6) is 0.152. The summed E-state index contributed by atoms with van der Waals surface area (Å²) in [6.45, 7) is 2.16. The predicted octanol–water partition coefficient (Wildman–Crippen LogP) is 3.25. The maximum atomic E-state index is 12.0. The van der Waals surface area contributed by atoms with E-state index in [2.05, 4.69) is 6.92 Å². The maximum Gasteiger partial charge on any atom is 0.226 e. The van der Waals surface area contributed by atoms with Crippen molar-refractivity contribution in [1.29, 1.82) is 0 Å². The molecule has 0 aliphatic rings. The van der Waals surface area contributed by atoms with E-state index in [1.807, 2.05) is 24.3 Å². The van der Waals surface area contributed by atoms with Crippen LogP contribution >= 0.6 is 12.2 Å². The fraction of sp³-hybridized carbons (Fsp3) is 0.467. The van der Waals surface area contributed by atoms with Gasteiger partial charge in [0.2, 0.25) is 5.91 Å². The van der Waals surface area contributed by atoms with Crippen LogP contribution in [0.1, 0.15) is 44.6 Å². The molecule has 0 aliphatic carbocycles. The number of thiocarbonyl (C=S) groups is 1. The molecule has 19 heavy (non-hydrogen) atoms. The lowest BCUT2D eigenvalue weighted by Crippen LogP contribution is -2.25. The minimum atomic E-state index is 0.152. The Morgan fingerprint density at radius 1 is 1.21 bits per heavy atom. The first-order valence-corrected chi connectivity index (χ1v) is 7.13. The molecule has 1 rings (SSSR count). The van der Waals surface area contributed by atoms with Gasteiger partial charge in [0.25, 0.3) is 0 Å². The second kappa shape index (κ2) is 7.89. The quantitative estimate of drug-likeness (QED) is 0.615.